The van der Waals surface area contributed by atoms with Gasteiger partial charge in [0.25, 0.3) is 0 Å². The van der Waals surface area contributed by atoms with Gasteiger partial charge in [-0.05, 0) is 37.0 Å². The summed E-state index contributed by atoms with van der Waals surface area (Å²) in [5.74, 6) is 6.49. The summed E-state index contributed by atoms with van der Waals surface area (Å²) in [7, 11) is 0. The molecule has 0 aromatic carbocycles. The van der Waals surface area contributed by atoms with Gasteiger partial charge in [-0.15, -0.1) is 0 Å². The van der Waals surface area contributed by atoms with Gasteiger partial charge in [-0.2, -0.15) is 0 Å². The normalized spacial score (nSPS) is 16.4. The molecule has 4 heterocycles. The van der Waals surface area contributed by atoms with Crippen molar-refractivity contribution in [2.24, 2.45) is 0 Å². The second-order valence-electron chi connectivity index (χ2n) is 8.19. The molecule has 0 bridgehead atoms. The number of aromatic nitrogens is 5. The number of imidazole rings is 1. The van der Waals surface area contributed by atoms with E-state index in [9.17, 15) is 15.0 Å². The molecule has 1 saturated heterocycles. The predicted molar refractivity (Wildman–Crippen MR) is 119 cm³/mol. The molecule has 180 valence electrons. The first-order valence-corrected chi connectivity index (χ1v) is 10.6. The highest BCUT2D eigenvalue weighted by Crippen LogP contribution is 2.33. The van der Waals surface area contributed by atoms with E-state index in [0.717, 1.165) is 0 Å². The van der Waals surface area contributed by atoms with Gasteiger partial charge in [0, 0.05) is 13.1 Å². The second kappa shape index (κ2) is 9.16. The average Bonchev–Trinajstić information content (AvgIpc) is 3.39. The Hall–Kier alpha value is -3.89. The highest BCUT2D eigenvalue weighted by atomic mass is 16.6. The molecule has 0 unspecified atom stereocenters. The van der Waals surface area contributed by atoms with Crippen LogP contribution in [0, 0.1) is 11.8 Å². The maximum Gasteiger partial charge on any atom is 0.407 e. The van der Waals surface area contributed by atoms with Crippen molar-refractivity contribution in [3.05, 3.63) is 11.9 Å². The van der Waals surface area contributed by atoms with Crippen LogP contribution in [0.2, 0.25) is 0 Å². The number of nitrogens with zero attached hydrogens (tertiary/aromatic N) is 6. The number of hydrogen-bond acceptors (Lipinski definition) is 10. The zero-order valence-corrected chi connectivity index (χ0v) is 19.0. The number of rotatable bonds is 5. The monoisotopic (exact) mass is 471 g/mol. The predicted octanol–water partition coefficient (Wildman–Crippen LogP) is 0.963. The van der Waals surface area contributed by atoms with Gasteiger partial charge in [0.2, 0.25) is 0 Å². The SMILES string of the molecule is CCn1c(-c2nonc2N)nc2c(C#CC(C)(C)O)ncc(OC[C@@H]3CN(C(=O)O)CCO3)c21. The fraction of sp³-hybridized carbons (Fsp3) is 0.476. The molecule has 1 amide bonds. The third kappa shape index (κ3) is 4.73. The van der Waals surface area contributed by atoms with Crippen LogP contribution in [0.15, 0.2) is 10.8 Å². The number of nitrogen functional groups attached to an aromatic ring is 1. The van der Waals surface area contributed by atoms with Gasteiger partial charge >= 0.3 is 6.09 Å². The lowest BCUT2D eigenvalue weighted by molar-refractivity contribution is -0.0410. The van der Waals surface area contributed by atoms with Crippen LogP contribution in [0.3, 0.4) is 0 Å². The minimum absolute atomic E-state index is 0.0777. The highest BCUT2D eigenvalue weighted by Gasteiger charge is 2.26. The lowest BCUT2D eigenvalue weighted by Gasteiger charge is -2.30. The Labute approximate surface area is 194 Å². The second-order valence-corrected chi connectivity index (χ2v) is 8.19. The van der Waals surface area contributed by atoms with Gasteiger partial charge in [-0.1, -0.05) is 5.92 Å². The molecule has 3 aromatic heterocycles. The number of aryl methyl sites for hydroxylation is 1. The van der Waals surface area contributed by atoms with Crippen molar-refractivity contribution in [2.75, 3.05) is 32.0 Å². The molecule has 13 nitrogen and oxygen atoms in total. The molecular weight excluding hydrogens is 446 g/mol. The van der Waals surface area contributed by atoms with Crippen LogP contribution in [0.1, 0.15) is 26.5 Å². The van der Waals surface area contributed by atoms with E-state index < -0.39 is 17.8 Å². The van der Waals surface area contributed by atoms with Crippen LogP contribution in [0.25, 0.3) is 22.6 Å². The summed E-state index contributed by atoms with van der Waals surface area (Å²) in [6, 6.07) is 0. The number of amides is 1. The molecule has 1 fully saturated rings. The van der Waals surface area contributed by atoms with Crippen LogP contribution in [-0.2, 0) is 11.3 Å². The van der Waals surface area contributed by atoms with E-state index in [1.807, 2.05) is 11.5 Å². The van der Waals surface area contributed by atoms with Gasteiger partial charge < -0.3 is 34.9 Å². The zero-order chi connectivity index (χ0) is 24.5. The van der Waals surface area contributed by atoms with Crippen molar-refractivity contribution >= 4 is 22.9 Å². The number of morpholine rings is 1. The summed E-state index contributed by atoms with van der Waals surface area (Å²) in [4.78, 5) is 21.6. The first-order chi connectivity index (χ1) is 16.2. The zero-order valence-electron chi connectivity index (χ0n) is 19.0. The van der Waals surface area contributed by atoms with Crippen molar-refractivity contribution < 1.29 is 29.1 Å². The lowest BCUT2D eigenvalue weighted by Crippen LogP contribution is -2.47. The maximum atomic E-state index is 11.3. The molecule has 0 aliphatic carbocycles. The molecule has 3 aromatic rings. The van der Waals surface area contributed by atoms with Gasteiger partial charge in [0.15, 0.2) is 23.1 Å². The topological polar surface area (TPSA) is 175 Å². The minimum Gasteiger partial charge on any atom is -0.487 e. The largest absolute Gasteiger partial charge is 0.487 e. The number of carboxylic acid groups (broad SMARTS) is 1. The molecule has 34 heavy (non-hydrogen) atoms. The van der Waals surface area contributed by atoms with E-state index in [1.165, 1.54) is 11.1 Å². The highest BCUT2D eigenvalue weighted by molar-refractivity contribution is 5.89. The summed E-state index contributed by atoms with van der Waals surface area (Å²) in [6.45, 7) is 6.42. The fourth-order valence-corrected chi connectivity index (χ4v) is 3.54. The van der Waals surface area contributed by atoms with Crippen LogP contribution in [0.4, 0.5) is 10.6 Å². The van der Waals surface area contributed by atoms with Crippen molar-refractivity contribution in [3.63, 3.8) is 0 Å². The first kappa shape index (κ1) is 23.3. The van der Waals surface area contributed by atoms with E-state index in [4.69, 9.17) is 19.8 Å². The molecule has 1 aliphatic heterocycles. The molecule has 0 spiro atoms. The Morgan fingerprint density at radius 1 is 1.41 bits per heavy atom. The lowest BCUT2D eigenvalue weighted by atomic mass is 10.1. The van der Waals surface area contributed by atoms with Gasteiger partial charge in [0.05, 0.1) is 19.3 Å². The smallest absolute Gasteiger partial charge is 0.407 e. The number of ether oxygens (including phenoxy) is 2. The number of hydrogen-bond donors (Lipinski definition) is 3. The van der Waals surface area contributed by atoms with Crippen molar-refractivity contribution in [2.45, 2.75) is 39.0 Å². The minimum atomic E-state index is -1.23. The Kier molecular flexibility index (Phi) is 6.27. The number of anilines is 1. The third-order valence-electron chi connectivity index (χ3n) is 5.10. The summed E-state index contributed by atoms with van der Waals surface area (Å²) < 4.78 is 18.3. The van der Waals surface area contributed by atoms with Crippen LogP contribution >= 0.6 is 0 Å². The summed E-state index contributed by atoms with van der Waals surface area (Å²) in [6.07, 6.45) is 0.0679. The number of pyridine rings is 1. The number of aliphatic hydroxyl groups is 1. The standard InChI is InChI=1S/C21H25N7O6/c1-4-28-17-14(33-11-12-10-27(20(29)30)7-8-32-12)9-23-13(5-6-21(2,3)31)15(17)24-19(28)16-18(22)26-34-25-16/h9,12,31H,4,7-8,10-11H2,1-3H3,(H2,22,26)(H,29,30)/t12-/m0/s1. The van der Waals surface area contributed by atoms with Crippen LogP contribution < -0.4 is 10.5 Å². The van der Waals surface area contributed by atoms with E-state index in [-0.39, 0.29) is 31.3 Å². The van der Waals surface area contributed by atoms with Gasteiger partial charge in [-0.3, -0.25) is 0 Å². The van der Waals surface area contributed by atoms with Crippen LogP contribution in [-0.4, -0.2) is 84.1 Å². The number of nitrogens with two attached hydrogens (primary N) is 1. The summed E-state index contributed by atoms with van der Waals surface area (Å²) in [5.41, 5.74) is 6.28. The quantitative estimate of drug-likeness (QED) is 0.452. The van der Waals surface area contributed by atoms with Crippen molar-refractivity contribution in [3.8, 4) is 29.1 Å². The molecule has 13 heteroatoms. The molecule has 0 saturated carbocycles. The molecule has 0 radical (unpaired) electrons. The Morgan fingerprint density at radius 2 is 2.21 bits per heavy atom. The first-order valence-electron chi connectivity index (χ1n) is 10.6. The van der Waals surface area contributed by atoms with Gasteiger partial charge in [-0.25, -0.2) is 19.4 Å². The van der Waals surface area contributed by atoms with E-state index in [2.05, 4.69) is 32.1 Å². The third-order valence-corrected chi connectivity index (χ3v) is 5.10. The van der Waals surface area contributed by atoms with E-state index in [1.54, 1.807) is 13.8 Å². The number of carbonyl (C=O) groups is 1. The molecule has 4 rings (SSSR count). The average molecular weight is 471 g/mol. The van der Waals surface area contributed by atoms with E-state index >= 15 is 0 Å². The number of fused-ring (bicyclic) bond motifs is 1. The fourth-order valence-electron chi connectivity index (χ4n) is 3.54. The molecule has 1 atom stereocenters. The van der Waals surface area contributed by atoms with Gasteiger partial charge in [0.1, 0.15) is 35.0 Å². The molecular formula is C21H25N7O6. The molecule has 4 N–H and O–H groups in total. The van der Waals surface area contributed by atoms with Crippen molar-refractivity contribution in [1.82, 2.24) is 29.7 Å². The summed E-state index contributed by atoms with van der Waals surface area (Å²) in [5, 5.41) is 26.8. The maximum absolute atomic E-state index is 11.3. The van der Waals surface area contributed by atoms with Crippen LogP contribution in [0.5, 0.6) is 5.75 Å². The van der Waals surface area contributed by atoms with E-state index in [0.29, 0.717) is 41.4 Å². The van der Waals surface area contributed by atoms with Crippen molar-refractivity contribution in [1.29, 1.82) is 0 Å². The Balaban J connectivity index is 1.76. The Morgan fingerprint density at radius 3 is 2.85 bits per heavy atom. The molecule has 1 aliphatic rings. The summed E-state index contributed by atoms with van der Waals surface area (Å²) >= 11 is 0. The Bertz CT molecular complexity index is 1270.